The SMILES string of the molecule is Cn1cccc1C1NC(=O)NC2=C1CCCc1ccccc12. The number of fused-ring (bicyclic) bond motifs is 2. The quantitative estimate of drug-likeness (QED) is 0.833. The number of hydrogen-bond acceptors (Lipinski definition) is 1. The predicted molar refractivity (Wildman–Crippen MR) is 86.1 cm³/mol. The first-order chi connectivity index (χ1) is 10.7. The van der Waals surface area contributed by atoms with Crippen molar-refractivity contribution in [1.29, 1.82) is 0 Å². The predicted octanol–water partition coefficient (Wildman–Crippen LogP) is 3.13. The molecule has 2 amide bonds. The first-order valence-corrected chi connectivity index (χ1v) is 7.74. The molecule has 1 unspecified atom stereocenters. The second-order valence-electron chi connectivity index (χ2n) is 5.99. The molecule has 4 heteroatoms. The van der Waals surface area contributed by atoms with Gasteiger partial charge in [0.25, 0.3) is 0 Å². The Morgan fingerprint density at radius 1 is 1.14 bits per heavy atom. The number of aromatic nitrogens is 1. The minimum atomic E-state index is -0.123. The maximum Gasteiger partial charge on any atom is 0.320 e. The van der Waals surface area contributed by atoms with E-state index in [9.17, 15) is 4.79 Å². The number of benzene rings is 1. The van der Waals surface area contributed by atoms with Crippen LogP contribution in [0.3, 0.4) is 0 Å². The molecule has 1 aliphatic heterocycles. The van der Waals surface area contributed by atoms with Gasteiger partial charge < -0.3 is 15.2 Å². The van der Waals surface area contributed by atoms with Crippen LogP contribution in [0.2, 0.25) is 0 Å². The minimum Gasteiger partial charge on any atom is -0.352 e. The highest BCUT2D eigenvalue weighted by Gasteiger charge is 2.31. The van der Waals surface area contributed by atoms with Crippen molar-refractivity contribution >= 4 is 11.7 Å². The monoisotopic (exact) mass is 293 g/mol. The summed E-state index contributed by atoms with van der Waals surface area (Å²) in [4.78, 5) is 12.2. The molecule has 2 aliphatic rings. The highest BCUT2D eigenvalue weighted by Crippen LogP contribution is 2.37. The minimum absolute atomic E-state index is 0.0464. The van der Waals surface area contributed by atoms with Crippen LogP contribution in [0, 0.1) is 0 Å². The molecule has 112 valence electrons. The fraction of sp³-hybridized carbons (Fsp3) is 0.278. The van der Waals surface area contributed by atoms with Crippen LogP contribution in [0.25, 0.3) is 5.70 Å². The van der Waals surface area contributed by atoms with E-state index in [4.69, 9.17) is 0 Å². The molecular weight excluding hydrogens is 274 g/mol. The molecule has 0 bridgehead atoms. The van der Waals surface area contributed by atoms with Crippen LogP contribution >= 0.6 is 0 Å². The molecule has 0 spiro atoms. The molecule has 0 saturated carbocycles. The molecule has 22 heavy (non-hydrogen) atoms. The van der Waals surface area contributed by atoms with Gasteiger partial charge in [0.1, 0.15) is 0 Å². The van der Waals surface area contributed by atoms with Gasteiger partial charge in [-0.1, -0.05) is 24.3 Å². The highest BCUT2D eigenvalue weighted by molar-refractivity contribution is 5.91. The van der Waals surface area contributed by atoms with Crippen molar-refractivity contribution in [2.24, 2.45) is 7.05 Å². The maximum absolute atomic E-state index is 12.2. The van der Waals surface area contributed by atoms with Gasteiger partial charge in [-0.2, -0.15) is 0 Å². The Morgan fingerprint density at radius 2 is 2.00 bits per heavy atom. The van der Waals surface area contributed by atoms with Gasteiger partial charge in [0.05, 0.1) is 11.7 Å². The summed E-state index contributed by atoms with van der Waals surface area (Å²) < 4.78 is 2.08. The lowest BCUT2D eigenvalue weighted by molar-refractivity contribution is 0.240. The smallest absolute Gasteiger partial charge is 0.320 e. The Hall–Kier alpha value is -2.49. The molecule has 1 aliphatic carbocycles. The van der Waals surface area contributed by atoms with Crippen molar-refractivity contribution in [3.63, 3.8) is 0 Å². The Labute approximate surface area is 129 Å². The second-order valence-corrected chi connectivity index (χ2v) is 5.99. The summed E-state index contributed by atoms with van der Waals surface area (Å²) in [5.74, 6) is 0. The molecule has 0 saturated heterocycles. The number of amides is 2. The third kappa shape index (κ3) is 2.03. The van der Waals surface area contributed by atoms with Crippen LogP contribution in [0.5, 0.6) is 0 Å². The summed E-state index contributed by atoms with van der Waals surface area (Å²) in [6.45, 7) is 0. The Balaban J connectivity index is 1.90. The van der Waals surface area contributed by atoms with Crippen LogP contribution < -0.4 is 10.6 Å². The Morgan fingerprint density at radius 3 is 2.82 bits per heavy atom. The third-order valence-corrected chi connectivity index (χ3v) is 4.64. The van der Waals surface area contributed by atoms with Gasteiger partial charge in [-0.15, -0.1) is 0 Å². The van der Waals surface area contributed by atoms with Crippen molar-refractivity contribution < 1.29 is 4.79 Å². The fourth-order valence-corrected chi connectivity index (χ4v) is 3.58. The van der Waals surface area contributed by atoms with E-state index in [2.05, 4.69) is 39.5 Å². The number of hydrogen-bond donors (Lipinski definition) is 2. The van der Waals surface area contributed by atoms with Gasteiger partial charge in [0.15, 0.2) is 0 Å². The lowest BCUT2D eigenvalue weighted by Crippen LogP contribution is -2.43. The fourth-order valence-electron chi connectivity index (χ4n) is 3.58. The van der Waals surface area contributed by atoms with E-state index < -0.39 is 0 Å². The largest absolute Gasteiger partial charge is 0.352 e. The lowest BCUT2D eigenvalue weighted by atomic mass is 9.94. The molecule has 1 aromatic carbocycles. The Kier molecular flexibility index (Phi) is 3.03. The third-order valence-electron chi connectivity index (χ3n) is 4.64. The summed E-state index contributed by atoms with van der Waals surface area (Å²) in [7, 11) is 2.02. The second kappa shape index (κ2) is 5.05. The van der Waals surface area contributed by atoms with Gasteiger partial charge in [0.2, 0.25) is 0 Å². The molecule has 0 radical (unpaired) electrons. The summed E-state index contributed by atoms with van der Waals surface area (Å²) in [5, 5.41) is 6.13. The number of carbonyl (C=O) groups excluding carboxylic acids is 1. The molecule has 1 atom stereocenters. The van der Waals surface area contributed by atoms with Crippen LogP contribution in [0.4, 0.5) is 4.79 Å². The highest BCUT2D eigenvalue weighted by atomic mass is 16.2. The molecule has 0 fully saturated rings. The van der Waals surface area contributed by atoms with Gasteiger partial charge in [0, 0.05) is 24.5 Å². The summed E-state index contributed by atoms with van der Waals surface area (Å²) in [5.41, 5.74) is 5.90. The van der Waals surface area contributed by atoms with Gasteiger partial charge in [-0.25, -0.2) is 4.79 Å². The van der Waals surface area contributed by atoms with E-state index >= 15 is 0 Å². The zero-order chi connectivity index (χ0) is 15.1. The molecule has 2 aromatic rings. The molecular formula is C18H19N3O. The van der Waals surface area contributed by atoms with Gasteiger partial charge in [-0.05, 0) is 42.5 Å². The Bertz CT molecular complexity index is 772. The van der Waals surface area contributed by atoms with Crippen molar-refractivity contribution in [2.45, 2.75) is 25.3 Å². The molecule has 4 rings (SSSR count). The normalized spacial score (nSPS) is 20.6. The van der Waals surface area contributed by atoms with Crippen molar-refractivity contribution in [3.8, 4) is 0 Å². The van der Waals surface area contributed by atoms with Crippen LogP contribution in [0.1, 0.15) is 35.7 Å². The zero-order valence-corrected chi connectivity index (χ0v) is 12.6. The summed E-state index contributed by atoms with van der Waals surface area (Å²) in [6.07, 6.45) is 5.18. The summed E-state index contributed by atoms with van der Waals surface area (Å²) in [6, 6.07) is 12.3. The van der Waals surface area contributed by atoms with E-state index in [1.807, 2.05) is 25.4 Å². The maximum atomic E-state index is 12.2. The van der Waals surface area contributed by atoms with Gasteiger partial charge >= 0.3 is 6.03 Å². The van der Waals surface area contributed by atoms with Crippen LogP contribution in [-0.2, 0) is 13.5 Å². The molecule has 2 heterocycles. The van der Waals surface area contributed by atoms with Crippen molar-refractivity contribution in [2.75, 3.05) is 0 Å². The number of nitrogens with one attached hydrogen (secondary N) is 2. The first kappa shape index (κ1) is 13.2. The number of carbonyl (C=O) groups is 1. The standard InChI is InChI=1S/C18H19N3O/c1-21-11-5-10-15(21)17-14-9-4-7-12-6-2-3-8-13(12)16(14)19-18(22)20-17/h2-3,5-6,8,10-11,17H,4,7,9H2,1H3,(H2,19,20,22). The van der Waals surface area contributed by atoms with E-state index in [1.54, 1.807) is 0 Å². The number of urea groups is 1. The van der Waals surface area contributed by atoms with Crippen molar-refractivity contribution in [1.82, 2.24) is 15.2 Å². The number of rotatable bonds is 1. The lowest BCUT2D eigenvalue weighted by Gasteiger charge is -2.30. The topological polar surface area (TPSA) is 46.1 Å². The average Bonchev–Trinajstić information content (AvgIpc) is 2.85. The average molecular weight is 293 g/mol. The molecule has 1 aromatic heterocycles. The zero-order valence-electron chi connectivity index (χ0n) is 12.6. The van der Waals surface area contributed by atoms with Crippen LogP contribution in [-0.4, -0.2) is 10.6 Å². The van der Waals surface area contributed by atoms with E-state index in [-0.39, 0.29) is 12.1 Å². The van der Waals surface area contributed by atoms with E-state index in [0.29, 0.717) is 0 Å². The first-order valence-electron chi connectivity index (χ1n) is 7.74. The van der Waals surface area contributed by atoms with Gasteiger partial charge in [-0.3, -0.25) is 0 Å². The van der Waals surface area contributed by atoms with Crippen LogP contribution in [0.15, 0.2) is 48.2 Å². The van der Waals surface area contributed by atoms with Crippen molar-refractivity contribution in [3.05, 3.63) is 65.0 Å². The molecule has 2 N–H and O–H groups in total. The number of aryl methyl sites for hydroxylation is 2. The van der Waals surface area contributed by atoms with E-state index in [1.165, 1.54) is 16.7 Å². The summed E-state index contributed by atoms with van der Waals surface area (Å²) >= 11 is 0. The molecule has 4 nitrogen and oxygen atoms in total. The number of nitrogens with zero attached hydrogens (tertiary/aromatic N) is 1. The van der Waals surface area contributed by atoms with E-state index in [0.717, 1.165) is 30.7 Å².